The van der Waals surface area contributed by atoms with Crippen molar-refractivity contribution in [1.82, 2.24) is 14.4 Å². The van der Waals surface area contributed by atoms with Crippen molar-refractivity contribution in [3.8, 4) is 0 Å². The van der Waals surface area contributed by atoms with Gasteiger partial charge in [-0.05, 0) is 35.6 Å². The Balaban J connectivity index is 1.28. The quantitative estimate of drug-likeness (QED) is 0.369. The molecule has 33 heavy (non-hydrogen) atoms. The molecule has 0 spiro atoms. The van der Waals surface area contributed by atoms with Crippen molar-refractivity contribution in [2.75, 3.05) is 32.7 Å². The summed E-state index contributed by atoms with van der Waals surface area (Å²) in [6.07, 6.45) is 4.38. The molecule has 5 heteroatoms. The topological polar surface area (TPSA) is 28.5 Å². The minimum atomic E-state index is 0.103. The standard InChI is InChI=1S/C28H29N3OS/c1-22(24-12-6-3-7-13-24)31-26(21-25-14-20-33-28(25)31)27(32)30-18-16-29(17-19-30)15-8-11-23-9-4-2-5-10-23/h2-14,20-22H,15-19H2,1H3/b11-8+. The zero-order valence-electron chi connectivity index (χ0n) is 18.9. The van der Waals surface area contributed by atoms with E-state index in [1.807, 2.05) is 17.0 Å². The van der Waals surface area contributed by atoms with Gasteiger partial charge in [-0.25, -0.2) is 0 Å². The summed E-state index contributed by atoms with van der Waals surface area (Å²) in [7, 11) is 0. The van der Waals surface area contributed by atoms with E-state index in [-0.39, 0.29) is 11.9 Å². The fourth-order valence-electron chi connectivity index (χ4n) is 4.57. The summed E-state index contributed by atoms with van der Waals surface area (Å²) in [6.45, 7) is 6.41. The molecule has 4 aromatic rings. The Hall–Kier alpha value is -3.15. The maximum Gasteiger partial charge on any atom is 0.270 e. The predicted molar refractivity (Wildman–Crippen MR) is 138 cm³/mol. The summed E-state index contributed by atoms with van der Waals surface area (Å²) in [6, 6.07) is 25.1. The summed E-state index contributed by atoms with van der Waals surface area (Å²) in [5.74, 6) is 0.139. The molecule has 0 bridgehead atoms. The zero-order valence-corrected chi connectivity index (χ0v) is 19.7. The van der Waals surface area contributed by atoms with Crippen molar-refractivity contribution in [3.63, 3.8) is 0 Å². The Labute approximate surface area is 199 Å². The van der Waals surface area contributed by atoms with Crippen LogP contribution >= 0.6 is 11.3 Å². The van der Waals surface area contributed by atoms with Crippen LogP contribution in [0.1, 0.15) is 34.6 Å². The van der Waals surface area contributed by atoms with E-state index in [9.17, 15) is 4.79 Å². The van der Waals surface area contributed by atoms with Crippen LogP contribution < -0.4 is 0 Å². The largest absolute Gasteiger partial charge is 0.335 e. The van der Waals surface area contributed by atoms with Crippen LogP contribution in [0.4, 0.5) is 0 Å². The van der Waals surface area contributed by atoms with E-state index in [4.69, 9.17) is 0 Å². The number of amides is 1. The maximum atomic E-state index is 13.6. The smallest absolute Gasteiger partial charge is 0.270 e. The lowest BCUT2D eigenvalue weighted by Gasteiger charge is -2.34. The minimum Gasteiger partial charge on any atom is -0.335 e. The van der Waals surface area contributed by atoms with E-state index in [0.29, 0.717) is 0 Å². The molecule has 0 N–H and O–H groups in total. The van der Waals surface area contributed by atoms with Gasteiger partial charge in [0, 0.05) is 38.1 Å². The van der Waals surface area contributed by atoms with Gasteiger partial charge >= 0.3 is 0 Å². The van der Waals surface area contributed by atoms with Gasteiger partial charge in [0.05, 0.1) is 6.04 Å². The van der Waals surface area contributed by atoms with Crippen LogP contribution in [0.5, 0.6) is 0 Å². The van der Waals surface area contributed by atoms with E-state index in [2.05, 4.69) is 94.6 Å². The van der Waals surface area contributed by atoms with Gasteiger partial charge in [0.1, 0.15) is 10.5 Å². The molecule has 4 nitrogen and oxygen atoms in total. The van der Waals surface area contributed by atoms with Crippen molar-refractivity contribution in [1.29, 1.82) is 0 Å². The first-order valence-corrected chi connectivity index (χ1v) is 12.5. The number of rotatable bonds is 6. The molecule has 3 heterocycles. The molecular weight excluding hydrogens is 426 g/mol. The number of fused-ring (bicyclic) bond motifs is 1. The first-order valence-electron chi connectivity index (χ1n) is 11.6. The van der Waals surface area contributed by atoms with E-state index >= 15 is 0 Å². The number of piperazine rings is 1. The van der Waals surface area contributed by atoms with Crippen LogP contribution in [0.3, 0.4) is 0 Å². The van der Waals surface area contributed by atoms with Gasteiger partial charge in [-0.15, -0.1) is 11.3 Å². The highest BCUT2D eigenvalue weighted by molar-refractivity contribution is 7.16. The molecule has 5 rings (SSSR count). The minimum absolute atomic E-state index is 0.103. The molecule has 168 valence electrons. The number of carbonyl (C=O) groups excluding carboxylic acids is 1. The Bertz CT molecular complexity index is 1230. The van der Waals surface area contributed by atoms with Crippen LogP contribution in [0, 0.1) is 0 Å². The lowest BCUT2D eigenvalue weighted by atomic mass is 10.1. The summed E-state index contributed by atoms with van der Waals surface area (Å²) >= 11 is 1.71. The fourth-order valence-corrected chi connectivity index (χ4v) is 5.55. The lowest BCUT2D eigenvalue weighted by Crippen LogP contribution is -2.49. The third-order valence-corrected chi connectivity index (χ3v) is 7.39. The Kier molecular flexibility index (Phi) is 6.42. The highest BCUT2D eigenvalue weighted by Crippen LogP contribution is 2.32. The van der Waals surface area contributed by atoms with Gasteiger partial charge in [-0.1, -0.05) is 72.8 Å². The number of aromatic nitrogens is 1. The van der Waals surface area contributed by atoms with Gasteiger partial charge in [0.15, 0.2) is 0 Å². The summed E-state index contributed by atoms with van der Waals surface area (Å²) in [5.41, 5.74) is 3.23. The molecule has 1 aliphatic heterocycles. The molecule has 1 atom stereocenters. The molecule has 0 saturated carbocycles. The second-order valence-electron chi connectivity index (χ2n) is 8.57. The lowest BCUT2D eigenvalue weighted by molar-refractivity contribution is 0.0639. The number of thiophene rings is 1. The van der Waals surface area contributed by atoms with Crippen LogP contribution in [0.2, 0.25) is 0 Å². The molecular formula is C28H29N3OS. The molecule has 0 radical (unpaired) electrons. The van der Waals surface area contributed by atoms with E-state index in [1.165, 1.54) is 16.0 Å². The molecule has 2 aromatic heterocycles. The number of benzene rings is 2. The first kappa shape index (κ1) is 21.7. The van der Waals surface area contributed by atoms with Gasteiger partial charge in [0.2, 0.25) is 0 Å². The summed E-state index contributed by atoms with van der Waals surface area (Å²) < 4.78 is 2.23. The number of hydrogen-bond acceptors (Lipinski definition) is 3. The number of hydrogen-bond donors (Lipinski definition) is 0. The third kappa shape index (κ3) is 4.65. The van der Waals surface area contributed by atoms with Crippen molar-refractivity contribution >= 4 is 33.5 Å². The Morgan fingerprint density at radius 3 is 2.39 bits per heavy atom. The molecule has 1 amide bonds. The van der Waals surface area contributed by atoms with Crippen molar-refractivity contribution in [2.45, 2.75) is 13.0 Å². The van der Waals surface area contributed by atoms with Crippen molar-refractivity contribution in [3.05, 3.63) is 101 Å². The van der Waals surface area contributed by atoms with E-state index < -0.39 is 0 Å². The summed E-state index contributed by atoms with van der Waals surface area (Å²) in [5, 5.41) is 3.25. The summed E-state index contributed by atoms with van der Waals surface area (Å²) in [4.78, 5) is 19.2. The van der Waals surface area contributed by atoms with Crippen LogP contribution in [0.15, 0.2) is 84.3 Å². The SMILES string of the molecule is CC(c1ccccc1)n1c(C(=O)N2CCN(C/C=C/c3ccccc3)CC2)cc2ccsc21. The Morgan fingerprint density at radius 1 is 0.970 bits per heavy atom. The average Bonchev–Trinajstić information content (AvgIpc) is 3.46. The zero-order chi connectivity index (χ0) is 22.6. The normalized spacial score (nSPS) is 16.0. The first-order chi connectivity index (χ1) is 16.2. The van der Waals surface area contributed by atoms with Crippen molar-refractivity contribution in [2.24, 2.45) is 0 Å². The Morgan fingerprint density at radius 2 is 1.67 bits per heavy atom. The van der Waals surface area contributed by atoms with Gasteiger partial charge in [-0.2, -0.15) is 0 Å². The van der Waals surface area contributed by atoms with Gasteiger partial charge < -0.3 is 9.47 Å². The fraction of sp³-hybridized carbons (Fsp3) is 0.250. The number of carbonyl (C=O) groups is 1. The van der Waals surface area contributed by atoms with Crippen LogP contribution in [-0.2, 0) is 0 Å². The molecule has 1 saturated heterocycles. The van der Waals surface area contributed by atoms with E-state index in [0.717, 1.165) is 43.8 Å². The second-order valence-corrected chi connectivity index (χ2v) is 9.47. The van der Waals surface area contributed by atoms with Crippen molar-refractivity contribution < 1.29 is 4.79 Å². The average molecular weight is 456 g/mol. The van der Waals surface area contributed by atoms with E-state index in [1.54, 1.807) is 11.3 Å². The highest BCUT2D eigenvalue weighted by Gasteiger charge is 2.27. The predicted octanol–water partition coefficient (Wildman–Crippen LogP) is 5.78. The maximum absolute atomic E-state index is 13.6. The third-order valence-electron chi connectivity index (χ3n) is 6.47. The van der Waals surface area contributed by atoms with Crippen LogP contribution in [0.25, 0.3) is 16.3 Å². The molecule has 1 aliphatic rings. The van der Waals surface area contributed by atoms with Gasteiger partial charge in [0.25, 0.3) is 5.91 Å². The molecule has 2 aromatic carbocycles. The highest BCUT2D eigenvalue weighted by atomic mass is 32.1. The molecule has 1 unspecified atom stereocenters. The van der Waals surface area contributed by atoms with Crippen LogP contribution in [-0.4, -0.2) is 53.0 Å². The molecule has 0 aliphatic carbocycles. The van der Waals surface area contributed by atoms with Gasteiger partial charge in [-0.3, -0.25) is 9.69 Å². The monoisotopic (exact) mass is 455 g/mol. The second kappa shape index (κ2) is 9.77. The molecule has 1 fully saturated rings. The number of nitrogens with zero attached hydrogens (tertiary/aromatic N) is 3.